The lowest BCUT2D eigenvalue weighted by atomic mass is 10.0. The van der Waals surface area contributed by atoms with Gasteiger partial charge in [-0.15, -0.1) is 0 Å². The minimum Gasteiger partial charge on any atom is -0.369 e. The Hall–Kier alpha value is -1.89. The molecule has 3 aromatic rings. The second-order valence-corrected chi connectivity index (χ2v) is 7.36. The molecule has 27 heavy (non-hydrogen) atoms. The second kappa shape index (κ2) is 6.62. The number of benzene rings is 2. The predicted molar refractivity (Wildman–Crippen MR) is 101 cm³/mol. The first-order chi connectivity index (χ1) is 12.7. The van der Waals surface area contributed by atoms with Crippen LogP contribution in [0, 0.1) is 0 Å². The van der Waals surface area contributed by atoms with Gasteiger partial charge in [-0.1, -0.05) is 34.8 Å². The van der Waals surface area contributed by atoms with Crippen molar-refractivity contribution in [2.75, 3.05) is 11.9 Å². The van der Waals surface area contributed by atoms with Crippen LogP contribution in [0.2, 0.25) is 15.1 Å². The molecule has 0 saturated carbocycles. The highest BCUT2D eigenvalue weighted by Gasteiger charge is 2.32. The van der Waals surface area contributed by atoms with Gasteiger partial charge < -0.3 is 5.32 Å². The average Bonchev–Trinajstić information content (AvgIpc) is 3.15. The number of nitrogens with zero attached hydrogens (tertiary/aromatic N) is 2. The lowest BCUT2D eigenvalue weighted by Crippen LogP contribution is -2.06. The third kappa shape index (κ3) is 3.37. The molecule has 1 aliphatic heterocycles. The molecular formula is C18H11Cl3F3N3. The molecule has 0 radical (unpaired) electrons. The predicted octanol–water partition coefficient (Wildman–Crippen LogP) is 6.49. The fraction of sp³-hybridized carbons (Fsp3) is 0.167. The summed E-state index contributed by atoms with van der Waals surface area (Å²) in [6.07, 6.45) is -3.85. The number of fused-ring (bicyclic) bond motifs is 1. The lowest BCUT2D eigenvalue weighted by Gasteiger charge is -2.10. The third-order valence-electron chi connectivity index (χ3n) is 4.29. The van der Waals surface area contributed by atoms with Gasteiger partial charge in [0.2, 0.25) is 0 Å². The van der Waals surface area contributed by atoms with Gasteiger partial charge in [-0.2, -0.15) is 18.3 Å². The van der Waals surface area contributed by atoms with Gasteiger partial charge >= 0.3 is 6.18 Å². The highest BCUT2D eigenvalue weighted by atomic mass is 35.5. The lowest BCUT2D eigenvalue weighted by molar-refractivity contribution is -0.137. The van der Waals surface area contributed by atoms with Crippen LogP contribution < -0.4 is 5.32 Å². The van der Waals surface area contributed by atoms with E-state index in [1.807, 2.05) is 0 Å². The summed E-state index contributed by atoms with van der Waals surface area (Å²) in [5.74, 6) is 0.691. The molecule has 0 fully saturated rings. The van der Waals surface area contributed by atoms with Crippen LogP contribution in [-0.2, 0) is 12.6 Å². The van der Waals surface area contributed by atoms with Crippen LogP contribution in [0.25, 0.3) is 16.9 Å². The van der Waals surface area contributed by atoms with Gasteiger partial charge in [-0.3, -0.25) is 0 Å². The van der Waals surface area contributed by atoms with Crippen LogP contribution in [0.15, 0.2) is 36.4 Å². The van der Waals surface area contributed by atoms with Gasteiger partial charge in [0.25, 0.3) is 0 Å². The van der Waals surface area contributed by atoms with Crippen LogP contribution >= 0.6 is 34.8 Å². The number of aromatic nitrogens is 2. The topological polar surface area (TPSA) is 29.9 Å². The molecule has 140 valence electrons. The molecule has 0 atom stereocenters. The molecule has 0 unspecified atom stereocenters. The van der Waals surface area contributed by atoms with Gasteiger partial charge in [0.05, 0.1) is 22.0 Å². The van der Waals surface area contributed by atoms with Gasteiger partial charge in [0.15, 0.2) is 0 Å². The fourth-order valence-electron chi connectivity index (χ4n) is 3.12. The zero-order valence-corrected chi connectivity index (χ0v) is 15.8. The van der Waals surface area contributed by atoms with E-state index in [0.29, 0.717) is 40.2 Å². The number of alkyl halides is 3. The summed E-state index contributed by atoms with van der Waals surface area (Å²) in [7, 11) is 0. The monoisotopic (exact) mass is 431 g/mol. The summed E-state index contributed by atoms with van der Waals surface area (Å²) in [6.45, 7) is 0.644. The number of halogens is 6. The van der Waals surface area contributed by atoms with Crippen molar-refractivity contribution in [1.29, 1.82) is 0 Å². The number of anilines is 1. The maximum atomic E-state index is 13.1. The van der Waals surface area contributed by atoms with E-state index >= 15 is 0 Å². The number of rotatable bonds is 2. The summed E-state index contributed by atoms with van der Waals surface area (Å²) in [5, 5.41) is 8.79. The Morgan fingerprint density at radius 3 is 2.37 bits per heavy atom. The Labute approximate surface area is 167 Å². The first-order valence-electron chi connectivity index (χ1n) is 7.93. The Morgan fingerprint density at radius 2 is 1.70 bits per heavy atom. The second-order valence-electron chi connectivity index (χ2n) is 6.08. The maximum absolute atomic E-state index is 13.1. The molecule has 0 spiro atoms. The van der Waals surface area contributed by atoms with Crippen molar-refractivity contribution in [3.63, 3.8) is 0 Å². The molecule has 0 bridgehead atoms. The zero-order valence-electron chi connectivity index (χ0n) is 13.5. The van der Waals surface area contributed by atoms with Crippen LogP contribution in [0.3, 0.4) is 0 Å². The molecule has 3 nitrogen and oxygen atoms in total. The van der Waals surface area contributed by atoms with Crippen molar-refractivity contribution in [2.45, 2.75) is 12.6 Å². The van der Waals surface area contributed by atoms with Crippen LogP contribution in [0.5, 0.6) is 0 Å². The van der Waals surface area contributed by atoms with E-state index in [9.17, 15) is 13.2 Å². The van der Waals surface area contributed by atoms with E-state index in [-0.39, 0.29) is 10.6 Å². The number of nitrogens with one attached hydrogen (secondary N) is 1. The Bertz CT molecular complexity index is 1020. The normalized spacial score (nSPS) is 13.6. The molecule has 1 aromatic heterocycles. The molecule has 9 heteroatoms. The van der Waals surface area contributed by atoms with E-state index in [0.717, 1.165) is 17.7 Å². The largest absolute Gasteiger partial charge is 0.416 e. The highest BCUT2D eigenvalue weighted by molar-refractivity contribution is 6.35. The van der Waals surface area contributed by atoms with Crippen molar-refractivity contribution in [2.24, 2.45) is 0 Å². The summed E-state index contributed by atoms with van der Waals surface area (Å²) in [5.41, 5.74) is 1.27. The molecule has 4 rings (SSSR count). The number of hydrogen-bond donors (Lipinski definition) is 1. The van der Waals surface area contributed by atoms with Crippen molar-refractivity contribution in [3.8, 4) is 16.9 Å². The molecular weight excluding hydrogens is 422 g/mol. The fourth-order valence-corrected chi connectivity index (χ4v) is 3.84. The smallest absolute Gasteiger partial charge is 0.369 e. The Morgan fingerprint density at radius 1 is 1.00 bits per heavy atom. The quantitative estimate of drug-likeness (QED) is 0.502. The van der Waals surface area contributed by atoms with Crippen molar-refractivity contribution in [1.82, 2.24) is 9.78 Å². The van der Waals surface area contributed by atoms with Crippen molar-refractivity contribution < 1.29 is 13.2 Å². The minimum absolute atomic E-state index is 0.200. The molecule has 0 aliphatic carbocycles. The molecule has 0 amide bonds. The van der Waals surface area contributed by atoms with E-state index in [1.54, 1.807) is 22.9 Å². The molecule has 1 aliphatic rings. The molecule has 2 heterocycles. The van der Waals surface area contributed by atoms with Crippen LogP contribution in [0.4, 0.5) is 19.0 Å². The summed E-state index contributed by atoms with van der Waals surface area (Å²) < 4.78 is 41.0. The van der Waals surface area contributed by atoms with E-state index in [2.05, 4.69) is 10.4 Å². The standard InChI is InChI=1S/C18H11Cl3F3N3/c19-10-6-11(20)8-12(7-10)27-17-13(3-4-25-17)16(26-27)14-5-9(18(22,23)24)1-2-15(14)21/h1-2,5-8,25H,3-4H2. The third-order valence-corrected chi connectivity index (χ3v) is 5.06. The van der Waals surface area contributed by atoms with Crippen LogP contribution in [0.1, 0.15) is 11.1 Å². The summed E-state index contributed by atoms with van der Waals surface area (Å²) in [4.78, 5) is 0. The van der Waals surface area contributed by atoms with Gasteiger partial charge in [-0.05, 0) is 42.8 Å². The molecule has 0 saturated heterocycles. The van der Waals surface area contributed by atoms with E-state index < -0.39 is 11.7 Å². The van der Waals surface area contributed by atoms with Gasteiger partial charge in [0, 0.05) is 27.7 Å². The van der Waals surface area contributed by atoms with E-state index in [1.165, 1.54) is 6.07 Å². The molecule has 1 N–H and O–H groups in total. The maximum Gasteiger partial charge on any atom is 0.416 e. The number of hydrogen-bond acceptors (Lipinski definition) is 2. The average molecular weight is 433 g/mol. The van der Waals surface area contributed by atoms with Crippen LogP contribution in [-0.4, -0.2) is 16.3 Å². The van der Waals surface area contributed by atoms with Crippen molar-refractivity contribution in [3.05, 3.63) is 62.6 Å². The molecule has 2 aromatic carbocycles. The first kappa shape index (κ1) is 18.5. The van der Waals surface area contributed by atoms with Gasteiger partial charge in [-0.25, -0.2) is 4.68 Å². The summed E-state index contributed by atoms with van der Waals surface area (Å²) in [6, 6.07) is 8.17. The van der Waals surface area contributed by atoms with E-state index in [4.69, 9.17) is 34.8 Å². The zero-order chi connectivity index (χ0) is 19.3. The first-order valence-corrected chi connectivity index (χ1v) is 9.07. The summed E-state index contributed by atoms with van der Waals surface area (Å²) >= 11 is 18.4. The Kier molecular flexibility index (Phi) is 4.53. The minimum atomic E-state index is -4.47. The highest BCUT2D eigenvalue weighted by Crippen LogP contribution is 2.40. The Balaban J connectivity index is 1.92. The van der Waals surface area contributed by atoms with Crippen molar-refractivity contribution >= 4 is 40.6 Å². The SMILES string of the molecule is FC(F)(F)c1ccc(Cl)c(-c2nn(-c3cc(Cl)cc(Cl)c3)c3c2CCN3)c1. The van der Waals surface area contributed by atoms with Gasteiger partial charge in [0.1, 0.15) is 5.82 Å².